The average Bonchev–Trinajstić information content (AvgIpc) is 3.81. The van der Waals surface area contributed by atoms with Crippen molar-refractivity contribution in [1.82, 2.24) is 0 Å². The van der Waals surface area contributed by atoms with Gasteiger partial charge in [0.25, 0.3) is 0 Å². The van der Waals surface area contributed by atoms with Gasteiger partial charge in [-0.3, -0.25) is 6.08 Å². The van der Waals surface area contributed by atoms with Gasteiger partial charge in [0.2, 0.25) is 0 Å². The van der Waals surface area contributed by atoms with Crippen molar-refractivity contribution in [2.24, 2.45) is 5.92 Å². The van der Waals surface area contributed by atoms with Gasteiger partial charge in [-0.05, 0) is 27.7 Å². The van der Waals surface area contributed by atoms with Crippen LogP contribution < -0.4 is 0 Å². The molecule has 0 nitrogen and oxygen atoms in total. The zero-order valence-corrected chi connectivity index (χ0v) is 31.5. The van der Waals surface area contributed by atoms with Crippen LogP contribution >= 0.6 is 11.3 Å². The van der Waals surface area contributed by atoms with Gasteiger partial charge in [0.15, 0.2) is 0 Å². The molecule has 1 unspecified atom stereocenters. The molecule has 0 saturated heterocycles. The summed E-state index contributed by atoms with van der Waals surface area (Å²) in [4.78, 5) is 1.35. The molecule has 0 bridgehead atoms. The molecule has 230 valence electrons. The van der Waals surface area contributed by atoms with E-state index in [1.54, 1.807) is 11.3 Å². The molecule has 0 N–H and O–H groups in total. The summed E-state index contributed by atoms with van der Waals surface area (Å²) in [6.07, 6.45) is 8.60. The van der Waals surface area contributed by atoms with E-state index in [0.717, 1.165) is 6.42 Å². The molecular formula is C44H44SZr. The molecule has 46 heavy (non-hydrogen) atoms. The Morgan fingerprint density at radius 3 is 1.87 bits per heavy atom. The Hall–Kier alpha value is -3.19. The van der Waals surface area contributed by atoms with E-state index >= 15 is 0 Å². The van der Waals surface area contributed by atoms with Crippen LogP contribution in [0.15, 0.2) is 121 Å². The first-order chi connectivity index (χ1) is 21.9. The molecule has 1 aromatic heterocycles. The normalized spacial score (nSPS) is 14.7. The van der Waals surface area contributed by atoms with Crippen molar-refractivity contribution in [3.05, 3.63) is 171 Å². The van der Waals surface area contributed by atoms with Gasteiger partial charge >= 0.3 is 99.2 Å². The number of thiophene rings is 1. The second kappa shape index (κ2) is 14.7. The van der Waals surface area contributed by atoms with Crippen LogP contribution in [0, 0.1) is 18.1 Å². The predicted octanol–water partition coefficient (Wildman–Crippen LogP) is 11.6. The first-order valence-electron chi connectivity index (χ1n) is 16.1. The van der Waals surface area contributed by atoms with Crippen LogP contribution in [0.25, 0.3) is 16.7 Å². The molecule has 1 atom stereocenters. The molecule has 0 saturated carbocycles. The minimum absolute atomic E-state index is 0.177. The molecular weight excluding hydrogens is 652 g/mol. The Morgan fingerprint density at radius 1 is 0.739 bits per heavy atom. The fourth-order valence-corrected chi connectivity index (χ4v) is 7.09. The van der Waals surface area contributed by atoms with Crippen LogP contribution in [0.1, 0.15) is 86.7 Å². The van der Waals surface area contributed by atoms with Gasteiger partial charge in [-0.1, -0.05) is 101 Å². The van der Waals surface area contributed by atoms with Crippen LogP contribution in [-0.2, 0) is 41.5 Å². The second-order valence-corrected chi connectivity index (χ2v) is 16.3. The van der Waals surface area contributed by atoms with Crippen molar-refractivity contribution in [3.8, 4) is 11.1 Å². The van der Waals surface area contributed by atoms with Gasteiger partial charge in [0.1, 0.15) is 0 Å². The van der Waals surface area contributed by atoms with Gasteiger partial charge in [-0.25, -0.2) is 6.08 Å². The van der Waals surface area contributed by atoms with Crippen molar-refractivity contribution in [2.45, 2.75) is 65.7 Å². The minimum atomic E-state index is 0.177. The molecule has 0 fully saturated rings. The van der Waals surface area contributed by atoms with Gasteiger partial charge in [-0.2, -0.15) is 52.3 Å². The SMILES string of the molecule is CC(C)(C)c1c[c-]c2c(c1)-c1cc(C(C)(C)C)ccc1C2.CC1[C-]=CC(c2cccs2)=C1.[Zr+2]=[C](c1ccccc1)c1ccccc1. The predicted molar refractivity (Wildman–Crippen MR) is 196 cm³/mol. The van der Waals surface area contributed by atoms with Gasteiger partial charge in [0, 0.05) is 0 Å². The van der Waals surface area contributed by atoms with E-state index in [1.165, 1.54) is 82.4 Å². The second-order valence-electron chi connectivity index (χ2n) is 14.1. The zero-order valence-electron chi connectivity index (χ0n) is 28.2. The van der Waals surface area contributed by atoms with E-state index in [2.05, 4.69) is 181 Å². The molecule has 0 radical (unpaired) electrons. The molecule has 7 rings (SSSR count). The van der Waals surface area contributed by atoms with Crippen LogP contribution in [0.5, 0.6) is 0 Å². The summed E-state index contributed by atoms with van der Waals surface area (Å²) in [5.74, 6) is 0.493. The fourth-order valence-electron chi connectivity index (χ4n) is 5.54. The number of hydrogen-bond donors (Lipinski definition) is 0. The molecule has 0 spiro atoms. The quantitative estimate of drug-likeness (QED) is 0.162. The summed E-state index contributed by atoms with van der Waals surface area (Å²) in [6.45, 7) is 15.8. The molecule has 4 aromatic carbocycles. The Balaban J connectivity index is 0.000000144. The summed E-state index contributed by atoms with van der Waals surface area (Å²) in [5.41, 5.74) is 12.7. The van der Waals surface area contributed by atoms with E-state index in [0.29, 0.717) is 5.92 Å². The first-order valence-corrected chi connectivity index (χ1v) is 18.2. The van der Waals surface area contributed by atoms with E-state index in [4.69, 9.17) is 0 Å². The van der Waals surface area contributed by atoms with Gasteiger partial charge in [-0.15, -0.1) is 5.56 Å². The standard InChI is InChI=1S/C21H25.C13H10.C10H9S.Zr/c1-20(2,3)16-9-7-14-11-15-8-10-17(21(4,5)6)13-19(15)18(14)12-16;1-3-7-12(8-4-1)11-13-9-5-2-6-10-13;1-8-4-5-9(7-8)10-3-2-6-11-10;/h7,9-10,12-13H,11H2,1-6H3;1-10H;2-3,5-8H,1H3;/q-1;;-1;+2. The van der Waals surface area contributed by atoms with E-state index in [1.807, 2.05) is 0 Å². The third-order valence-corrected chi connectivity index (χ3v) is 10.7. The fraction of sp³-hybridized carbons (Fsp3) is 0.250. The molecule has 2 aliphatic carbocycles. The maximum atomic E-state index is 3.53. The van der Waals surface area contributed by atoms with Crippen LogP contribution in [-0.4, -0.2) is 3.21 Å². The summed E-state index contributed by atoms with van der Waals surface area (Å²) in [6, 6.07) is 40.4. The van der Waals surface area contributed by atoms with E-state index in [9.17, 15) is 0 Å². The van der Waals surface area contributed by atoms with E-state index < -0.39 is 0 Å². The Labute approximate surface area is 296 Å². The average molecular weight is 696 g/mol. The van der Waals surface area contributed by atoms with Crippen molar-refractivity contribution in [1.29, 1.82) is 0 Å². The Bertz CT molecular complexity index is 1720. The zero-order chi connectivity index (χ0) is 32.9. The van der Waals surface area contributed by atoms with Crippen LogP contribution in [0.4, 0.5) is 0 Å². The van der Waals surface area contributed by atoms with Crippen LogP contribution in [0.3, 0.4) is 0 Å². The molecule has 5 aromatic rings. The van der Waals surface area contributed by atoms with Crippen LogP contribution in [0.2, 0.25) is 0 Å². The van der Waals surface area contributed by atoms with E-state index in [-0.39, 0.29) is 10.8 Å². The number of rotatable bonds is 3. The summed E-state index contributed by atoms with van der Waals surface area (Å²) in [5, 5.41) is 2.10. The summed E-state index contributed by atoms with van der Waals surface area (Å²) >= 11 is 3.24. The van der Waals surface area contributed by atoms with Crippen molar-refractivity contribution < 1.29 is 24.2 Å². The monoisotopic (exact) mass is 694 g/mol. The molecule has 0 amide bonds. The van der Waals surface area contributed by atoms with Gasteiger partial charge in [0.05, 0.1) is 0 Å². The van der Waals surface area contributed by atoms with Gasteiger partial charge < -0.3 is 0 Å². The first kappa shape index (κ1) is 34.2. The molecule has 2 aliphatic rings. The topological polar surface area (TPSA) is 0 Å². The Kier molecular flexibility index (Phi) is 10.9. The maximum absolute atomic E-state index is 3.53. The number of hydrogen-bond acceptors (Lipinski definition) is 1. The molecule has 2 heteroatoms. The Morgan fingerprint density at radius 2 is 1.35 bits per heavy atom. The van der Waals surface area contributed by atoms with Crippen molar-refractivity contribution in [3.63, 3.8) is 0 Å². The summed E-state index contributed by atoms with van der Waals surface area (Å²) in [7, 11) is 0. The summed E-state index contributed by atoms with van der Waals surface area (Å²) < 4.78 is 1.42. The third kappa shape index (κ3) is 8.58. The number of allylic oxidation sites excluding steroid dienone is 4. The molecule has 1 heterocycles. The third-order valence-electron chi connectivity index (χ3n) is 8.39. The van der Waals surface area contributed by atoms with Crippen molar-refractivity contribution >= 4 is 20.1 Å². The molecule has 0 aliphatic heterocycles. The number of benzene rings is 4. The number of fused-ring (bicyclic) bond motifs is 3. The van der Waals surface area contributed by atoms with Crippen molar-refractivity contribution in [2.75, 3.05) is 0 Å².